The summed E-state index contributed by atoms with van der Waals surface area (Å²) >= 11 is 1.49. The summed E-state index contributed by atoms with van der Waals surface area (Å²) in [5.74, 6) is 2.07. The Kier molecular flexibility index (Phi) is 6.91. The summed E-state index contributed by atoms with van der Waals surface area (Å²) in [6, 6.07) is 14.9. The number of carbonyl (C=O) groups excluding carboxylic acids is 1. The minimum atomic E-state index is -0.296. The lowest BCUT2D eigenvalue weighted by atomic mass is 10.0. The average Bonchev–Trinajstić information content (AvgIpc) is 3.19. The number of rotatable bonds is 8. The number of amides is 1. The van der Waals surface area contributed by atoms with Crippen LogP contribution in [0.3, 0.4) is 0 Å². The molecule has 0 unspecified atom stereocenters. The SMILES string of the molecule is CCSc1n[nH]c(NC(=O)/C(=C/c2ccc(OC)c(OC)c2)c2ccccc2)n1. The minimum absolute atomic E-state index is 0.296. The van der Waals surface area contributed by atoms with E-state index in [1.54, 1.807) is 26.4 Å². The zero-order chi connectivity index (χ0) is 20.6. The molecule has 2 aromatic carbocycles. The maximum atomic E-state index is 13.0. The Balaban J connectivity index is 1.94. The lowest BCUT2D eigenvalue weighted by molar-refractivity contribution is -0.111. The molecule has 1 heterocycles. The molecule has 8 heteroatoms. The van der Waals surface area contributed by atoms with Gasteiger partial charge >= 0.3 is 0 Å². The highest BCUT2D eigenvalue weighted by Crippen LogP contribution is 2.29. The van der Waals surface area contributed by atoms with Gasteiger partial charge in [-0.1, -0.05) is 55.1 Å². The molecular formula is C21H22N4O3S. The molecule has 0 atom stereocenters. The molecule has 150 valence electrons. The lowest BCUT2D eigenvalue weighted by Gasteiger charge is -2.10. The number of aromatic nitrogens is 3. The molecule has 29 heavy (non-hydrogen) atoms. The van der Waals surface area contributed by atoms with Gasteiger partial charge in [-0.3, -0.25) is 10.1 Å². The van der Waals surface area contributed by atoms with E-state index in [2.05, 4.69) is 20.5 Å². The van der Waals surface area contributed by atoms with Gasteiger partial charge in [0.25, 0.3) is 5.91 Å². The van der Waals surface area contributed by atoms with Gasteiger partial charge in [-0.05, 0) is 35.1 Å². The number of aromatic amines is 1. The van der Waals surface area contributed by atoms with Gasteiger partial charge in [-0.15, -0.1) is 5.10 Å². The highest BCUT2D eigenvalue weighted by atomic mass is 32.2. The Hall–Kier alpha value is -3.26. The predicted octanol–water partition coefficient (Wildman–Crippen LogP) is 4.11. The Bertz CT molecular complexity index is 1000. The first-order chi connectivity index (χ1) is 14.1. The van der Waals surface area contributed by atoms with Crippen molar-refractivity contribution in [1.82, 2.24) is 15.2 Å². The van der Waals surface area contributed by atoms with Gasteiger partial charge in [0.05, 0.1) is 14.2 Å². The van der Waals surface area contributed by atoms with Crippen LogP contribution >= 0.6 is 11.8 Å². The van der Waals surface area contributed by atoms with E-state index in [4.69, 9.17) is 9.47 Å². The highest BCUT2D eigenvalue weighted by Gasteiger charge is 2.15. The van der Waals surface area contributed by atoms with Crippen LogP contribution in [0.5, 0.6) is 11.5 Å². The van der Waals surface area contributed by atoms with Gasteiger partial charge in [0, 0.05) is 5.57 Å². The summed E-state index contributed by atoms with van der Waals surface area (Å²) in [6.45, 7) is 2.01. The molecule has 3 aromatic rings. The molecular weight excluding hydrogens is 388 g/mol. The smallest absolute Gasteiger partial charge is 0.258 e. The molecule has 7 nitrogen and oxygen atoms in total. The van der Waals surface area contributed by atoms with Crippen LogP contribution in [0, 0.1) is 0 Å². The fraction of sp³-hybridized carbons (Fsp3) is 0.190. The van der Waals surface area contributed by atoms with Crippen LogP contribution in [0.1, 0.15) is 18.1 Å². The number of methoxy groups -OCH3 is 2. The molecule has 1 amide bonds. The van der Waals surface area contributed by atoms with Crippen molar-refractivity contribution in [1.29, 1.82) is 0 Å². The molecule has 0 fully saturated rings. The zero-order valence-corrected chi connectivity index (χ0v) is 17.2. The van der Waals surface area contributed by atoms with Crippen molar-refractivity contribution in [2.45, 2.75) is 12.1 Å². The Morgan fingerprint density at radius 3 is 2.59 bits per heavy atom. The van der Waals surface area contributed by atoms with Crippen molar-refractivity contribution in [3.05, 3.63) is 59.7 Å². The monoisotopic (exact) mass is 410 g/mol. The van der Waals surface area contributed by atoms with Crippen LogP contribution in [0.25, 0.3) is 11.6 Å². The van der Waals surface area contributed by atoms with Gasteiger partial charge in [0.15, 0.2) is 11.5 Å². The second-order valence-corrected chi connectivity index (χ2v) is 7.12. The first-order valence-corrected chi connectivity index (χ1v) is 9.98. The van der Waals surface area contributed by atoms with Crippen molar-refractivity contribution < 1.29 is 14.3 Å². The van der Waals surface area contributed by atoms with E-state index in [0.29, 0.717) is 28.2 Å². The largest absolute Gasteiger partial charge is 0.493 e. The zero-order valence-electron chi connectivity index (χ0n) is 16.4. The van der Waals surface area contributed by atoms with Gasteiger partial charge in [0.1, 0.15) is 0 Å². The van der Waals surface area contributed by atoms with Crippen LogP contribution in [-0.4, -0.2) is 41.1 Å². The molecule has 0 saturated carbocycles. The van der Waals surface area contributed by atoms with Crippen molar-refractivity contribution >= 4 is 35.3 Å². The van der Waals surface area contributed by atoms with Crippen LogP contribution < -0.4 is 14.8 Å². The number of nitrogens with one attached hydrogen (secondary N) is 2. The number of anilines is 1. The number of thioether (sulfide) groups is 1. The van der Waals surface area contributed by atoms with Gasteiger partial charge in [-0.25, -0.2) is 5.10 Å². The van der Waals surface area contributed by atoms with Crippen molar-refractivity contribution in [2.24, 2.45) is 0 Å². The number of ether oxygens (including phenoxy) is 2. The second kappa shape index (κ2) is 9.79. The molecule has 0 aliphatic rings. The molecule has 0 saturated heterocycles. The second-order valence-electron chi connectivity index (χ2n) is 5.89. The molecule has 0 spiro atoms. The van der Waals surface area contributed by atoms with E-state index >= 15 is 0 Å². The third kappa shape index (κ3) is 5.17. The van der Waals surface area contributed by atoms with Gasteiger partial charge in [-0.2, -0.15) is 4.98 Å². The number of benzene rings is 2. The first kappa shape index (κ1) is 20.5. The number of H-pyrrole nitrogens is 1. The van der Waals surface area contributed by atoms with Crippen LogP contribution in [0.4, 0.5) is 5.95 Å². The number of nitrogens with zero attached hydrogens (tertiary/aromatic N) is 2. The van der Waals surface area contributed by atoms with E-state index in [1.807, 2.05) is 49.4 Å². The molecule has 3 rings (SSSR count). The maximum absolute atomic E-state index is 13.0. The third-order valence-electron chi connectivity index (χ3n) is 4.02. The summed E-state index contributed by atoms with van der Waals surface area (Å²) < 4.78 is 10.6. The molecule has 0 aliphatic heterocycles. The summed E-state index contributed by atoms with van der Waals surface area (Å²) in [5.41, 5.74) is 2.07. The normalized spacial score (nSPS) is 11.2. The Morgan fingerprint density at radius 1 is 1.14 bits per heavy atom. The number of hydrogen-bond donors (Lipinski definition) is 2. The topological polar surface area (TPSA) is 89.1 Å². The summed E-state index contributed by atoms with van der Waals surface area (Å²) in [5, 5.41) is 10.2. The summed E-state index contributed by atoms with van der Waals surface area (Å²) in [4.78, 5) is 17.3. The van der Waals surface area contributed by atoms with Gasteiger partial charge in [0.2, 0.25) is 11.1 Å². The van der Waals surface area contributed by atoms with Crippen molar-refractivity contribution in [3.8, 4) is 11.5 Å². The summed E-state index contributed by atoms with van der Waals surface area (Å²) in [6.07, 6.45) is 1.80. The molecule has 0 bridgehead atoms. The first-order valence-electron chi connectivity index (χ1n) is 9.00. The maximum Gasteiger partial charge on any atom is 0.258 e. The van der Waals surface area contributed by atoms with E-state index < -0.39 is 0 Å². The van der Waals surface area contributed by atoms with E-state index in [1.165, 1.54) is 11.8 Å². The lowest BCUT2D eigenvalue weighted by Crippen LogP contribution is -2.14. The standard InChI is InChI=1S/C21H22N4O3S/c1-4-29-21-23-20(24-25-21)22-19(26)16(15-8-6-5-7-9-15)12-14-10-11-17(27-2)18(13-14)28-3/h5-13H,4H2,1-3H3,(H2,22,23,24,25,26)/b16-12+. The van der Waals surface area contributed by atoms with E-state index in [0.717, 1.165) is 16.9 Å². The molecule has 0 aliphatic carbocycles. The summed E-state index contributed by atoms with van der Waals surface area (Å²) in [7, 11) is 3.16. The van der Waals surface area contributed by atoms with E-state index in [9.17, 15) is 4.79 Å². The van der Waals surface area contributed by atoms with Crippen molar-refractivity contribution in [3.63, 3.8) is 0 Å². The van der Waals surface area contributed by atoms with Crippen LogP contribution in [0.15, 0.2) is 53.7 Å². The fourth-order valence-electron chi connectivity index (χ4n) is 2.68. The van der Waals surface area contributed by atoms with Gasteiger partial charge < -0.3 is 9.47 Å². The average molecular weight is 410 g/mol. The van der Waals surface area contributed by atoms with Crippen LogP contribution in [0.2, 0.25) is 0 Å². The highest BCUT2D eigenvalue weighted by molar-refractivity contribution is 7.99. The Morgan fingerprint density at radius 2 is 1.90 bits per heavy atom. The van der Waals surface area contributed by atoms with E-state index in [-0.39, 0.29) is 5.91 Å². The number of carbonyl (C=O) groups is 1. The van der Waals surface area contributed by atoms with Crippen molar-refractivity contribution in [2.75, 3.05) is 25.3 Å². The molecule has 1 aromatic heterocycles. The minimum Gasteiger partial charge on any atom is -0.493 e. The molecule has 0 radical (unpaired) electrons. The quantitative estimate of drug-likeness (QED) is 0.330. The Labute approximate surface area is 173 Å². The molecule has 2 N–H and O–H groups in total. The number of hydrogen-bond acceptors (Lipinski definition) is 6. The predicted molar refractivity (Wildman–Crippen MR) is 115 cm³/mol. The fourth-order valence-corrected chi connectivity index (χ4v) is 3.20. The van der Waals surface area contributed by atoms with Crippen LogP contribution in [-0.2, 0) is 4.79 Å². The third-order valence-corrected chi connectivity index (χ3v) is 4.75.